The van der Waals surface area contributed by atoms with Gasteiger partial charge in [-0.05, 0) is 41.5 Å². The minimum Gasteiger partial charge on any atom is -0.493 e. The quantitative estimate of drug-likeness (QED) is 0.772. The second kappa shape index (κ2) is 9.49. The van der Waals surface area contributed by atoms with E-state index in [1.54, 1.807) is 38.4 Å². The summed E-state index contributed by atoms with van der Waals surface area (Å²) in [5, 5.41) is 2.93. The molecule has 0 bridgehead atoms. The zero-order valence-corrected chi connectivity index (χ0v) is 18.3. The molecular formula is C24H30N4O3. The lowest BCUT2D eigenvalue weighted by atomic mass is 10.1. The molecule has 0 aromatic heterocycles. The van der Waals surface area contributed by atoms with E-state index in [0.29, 0.717) is 17.8 Å². The van der Waals surface area contributed by atoms with Crippen LogP contribution in [-0.2, 0) is 17.8 Å². The number of hydrogen-bond acceptors (Lipinski definition) is 5. The molecule has 1 N–H and O–H groups in total. The molecule has 7 heteroatoms. The monoisotopic (exact) mass is 422 g/mol. The fraction of sp³-hybridized carbons (Fsp3) is 0.417. The van der Waals surface area contributed by atoms with Gasteiger partial charge in [-0.2, -0.15) is 0 Å². The van der Waals surface area contributed by atoms with Gasteiger partial charge in [0, 0.05) is 64.5 Å². The summed E-state index contributed by atoms with van der Waals surface area (Å²) >= 11 is 0. The summed E-state index contributed by atoms with van der Waals surface area (Å²) in [5.41, 5.74) is 3.95. The van der Waals surface area contributed by atoms with Crippen molar-refractivity contribution in [1.29, 1.82) is 0 Å². The third-order valence-electron chi connectivity index (χ3n) is 5.81. The molecule has 2 aliphatic heterocycles. The van der Waals surface area contributed by atoms with Crippen molar-refractivity contribution in [1.82, 2.24) is 14.7 Å². The normalized spacial score (nSPS) is 16.5. The van der Waals surface area contributed by atoms with Crippen LogP contribution in [0, 0.1) is 0 Å². The van der Waals surface area contributed by atoms with Crippen LogP contribution in [0.25, 0.3) is 0 Å². The summed E-state index contributed by atoms with van der Waals surface area (Å²) in [7, 11) is 3.44. The van der Waals surface area contributed by atoms with Crippen molar-refractivity contribution in [3.8, 4) is 5.75 Å². The maximum atomic E-state index is 12.4. The van der Waals surface area contributed by atoms with E-state index >= 15 is 0 Å². The van der Waals surface area contributed by atoms with Gasteiger partial charge in [0.05, 0.1) is 13.2 Å². The average molecular weight is 423 g/mol. The number of piperazine rings is 1. The van der Waals surface area contributed by atoms with Gasteiger partial charge < -0.3 is 15.0 Å². The highest BCUT2D eigenvalue weighted by Gasteiger charge is 2.20. The van der Waals surface area contributed by atoms with Gasteiger partial charge in [-0.15, -0.1) is 0 Å². The predicted octanol–water partition coefficient (Wildman–Crippen LogP) is 2.08. The number of carbonyl (C=O) groups excluding carboxylic acids is 2. The maximum absolute atomic E-state index is 12.4. The fourth-order valence-electron chi connectivity index (χ4n) is 4.06. The van der Waals surface area contributed by atoms with Crippen LogP contribution in [0.5, 0.6) is 5.75 Å². The summed E-state index contributed by atoms with van der Waals surface area (Å²) in [6.07, 6.45) is 1.00. The Morgan fingerprint density at radius 2 is 1.71 bits per heavy atom. The largest absolute Gasteiger partial charge is 0.493 e. The molecule has 4 rings (SSSR count). The van der Waals surface area contributed by atoms with Gasteiger partial charge in [-0.1, -0.05) is 12.1 Å². The van der Waals surface area contributed by atoms with Gasteiger partial charge in [0.1, 0.15) is 5.75 Å². The third-order valence-corrected chi connectivity index (χ3v) is 5.81. The Bertz CT molecular complexity index is 934. The number of rotatable bonds is 6. The highest BCUT2D eigenvalue weighted by molar-refractivity contribution is 5.96. The number of hydrogen-bond donors (Lipinski definition) is 1. The molecule has 7 nitrogen and oxygen atoms in total. The highest BCUT2D eigenvalue weighted by atomic mass is 16.5. The molecule has 31 heavy (non-hydrogen) atoms. The number of fused-ring (bicyclic) bond motifs is 1. The molecule has 2 aliphatic rings. The number of ether oxygens (including phenoxy) is 1. The van der Waals surface area contributed by atoms with Crippen molar-refractivity contribution in [3.05, 3.63) is 59.2 Å². The third kappa shape index (κ3) is 5.42. The lowest BCUT2D eigenvalue weighted by Gasteiger charge is -2.34. The van der Waals surface area contributed by atoms with Gasteiger partial charge in [-0.25, -0.2) is 0 Å². The standard InChI is InChI=1S/C24H30N4O3/c1-26(2)24(30)19-4-6-21(7-5-19)25-23(29)17-28-12-10-27(11-13-28)16-18-3-8-22-20(15-18)9-14-31-22/h3-8,15H,9-14,16-17H2,1-2H3,(H,25,29). The average Bonchev–Trinajstić information content (AvgIpc) is 3.23. The summed E-state index contributed by atoms with van der Waals surface area (Å²) < 4.78 is 5.59. The maximum Gasteiger partial charge on any atom is 0.253 e. The van der Waals surface area contributed by atoms with Crippen LogP contribution in [0.15, 0.2) is 42.5 Å². The van der Waals surface area contributed by atoms with Crippen LogP contribution in [0.1, 0.15) is 21.5 Å². The first kappa shape index (κ1) is 21.3. The molecule has 0 aliphatic carbocycles. The number of amides is 2. The van der Waals surface area contributed by atoms with Crippen LogP contribution >= 0.6 is 0 Å². The Morgan fingerprint density at radius 1 is 1.00 bits per heavy atom. The van der Waals surface area contributed by atoms with Gasteiger partial charge in [-0.3, -0.25) is 19.4 Å². The molecule has 0 spiro atoms. The molecule has 164 valence electrons. The molecule has 0 saturated carbocycles. The number of carbonyl (C=O) groups is 2. The molecule has 0 radical (unpaired) electrons. The first-order valence-corrected chi connectivity index (χ1v) is 10.8. The van der Waals surface area contributed by atoms with Crippen LogP contribution in [0.4, 0.5) is 5.69 Å². The molecule has 1 fully saturated rings. The number of nitrogens with zero attached hydrogens (tertiary/aromatic N) is 3. The minimum atomic E-state index is -0.0519. The van der Waals surface area contributed by atoms with E-state index in [0.717, 1.165) is 51.5 Å². The second-order valence-corrected chi connectivity index (χ2v) is 8.42. The predicted molar refractivity (Wildman–Crippen MR) is 120 cm³/mol. The van der Waals surface area contributed by atoms with Crippen LogP contribution in [-0.4, -0.2) is 79.9 Å². The van der Waals surface area contributed by atoms with E-state index in [1.807, 2.05) is 0 Å². The molecular weight excluding hydrogens is 392 g/mol. The van der Waals surface area contributed by atoms with E-state index in [9.17, 15) is 9.59 Å². The SMILES string of the molecule is CN(C)C(=O)c1ccc(NC(=O)CN2CCN(Cc3ccc4c(c3)CCO4)CC2)cc1. The summed E-state index contributed by atoms with van der Waals surface area (Å²) in [4.78, 5) is 30.5. The number of nitrogens with one attached hydrogen (secondary N) is 1. The first-order valence-electron chi connectivity index (χ1n) is 10.8. The van der Waals surface area contributed by atoms with Gasteiger partial charge >= 0.3 is 0 Å². The Kier molecular flexibility index (Phi) is 6.53. The van der Waals surface area contributed by atoms with E-state index in [2.05, 4.69) is 33.3 Å². The van der Waals surface area contributed by atoms with Crippen LogP contribution in [0.3, 0.4) is 0 Å². The second-order valence-electron chi connectivity index (χ2n) is 8.42. The first-order chi connectivity index (χ1) is 15.0. The Labute approximate surface area is 183 Å². The van der Waals surface area contributed by atoms with Crippen molar-refractivity contribution in [2.75, 3.05) is 58.7 Å². The fourth-order valence-corrected chi connectivity index (χ4v) is 4.06. The summed E-state index contributed by atoms with van der Waals surface area (Å²) in [6, 6.07) is 13.5. The molecule has 0 atom stereocenters. The van der Waals surface area contributed by atoms with Crippen molar-refractivity contribution in [2.45, 2.75) is 13.0 Å². The zero-order valence-electron chi connectivity index (χ0n) is 18.3. The van der Waals surface area contributed by atoms with Gasteiger partial charge in [0.25, 0.3) is 5.91 Å². The number of anilines is 1. The Balaban J connectivity index is 1.21. The lowest BCUT2D eigenvalue weighted by Crippen LogP contribution is -2.48. The van der Waals surface area contributed by atoms with E-state index in [4.69, 9.17) is 4.74 Å². The summed E-state index contributed by atoms with van der Waals surface area (Å²) in [6.45, 7) is 5.74. The van der Waals surface area contributed by atoms with E-state index in [-0.39, 0.29) is 11.8 Å². The van der Waals surface area contributed by atoms with Crippen LogP contribution < -0.4 is 10.1 Å². The smallest absolute Gasteiger partial charge is 0.253 e. The lowest BCUT2D eigenvalue weighted by molar-refractivity contribution is -0.117. The van der Waals surface area contributed by atoms with Crippen molar-refractivity contribution in [3.63, 3.8) is 0 Å². The molecule has 2 aromatic carbocycles. The zero-order chi connectivity index (χ0) is 21.8. The number of benzene rings is 2. The Hall–Kier alpha value is -2.90. The van der Waals surface area contributed by atoms with Crippen molar-refractivity contribution < 1.29 is 14.3 Å². The Morgan fingerprint density at radius 3 is 2.42 bits per heavy atom. The molecule has 2 amide bonds. The van der Waals surface area contributed by atoms with Crippen LogP contribution in [0.2, 0.25) is 0 Å². The van der Waals surface area contributed by atoms with E-state index in [1.165, 1.54) is 16.0 Å². The molecule has 0 unspecified atom stereocenters. The minimum absolute atomic E-state index is 0.0289. The summed E-state index contributed by atoms with van der Waals surface area (Å²) in [5.74, 6) is 0.946. The van der Waals surface area contributed by atoms with Crippen molar-refractivity contribution >= 4 is 17.5 Å². The highest BCUT2D eigenvalue weighted by Crippen LogP contribution is 2.26. The topological polar surface area (TPSA) is 65.1 Å². The van der Waals surface area contributed by atoms with Gasteiger partial charge in [0.2, 0.25) is 5.91 Å². The van der Waals surface area contributed by atoms with Crippen molar-refractivity contribution in [2.24, 2.45) is 0 Å². The molecule has 2 aromatic rings. The molecule has 2 heterocycles. The molecule has 1 saturated heterocycles. The van der Waals surface area contributed by atoms with Gasteiger partial charge in [0.15, 0.2) is 0 Å². The van der Waals surface area contributed by atoms with E-state index < -0.39 is 0 Å².